The van der Waals surface area contributed by atoms with E-state index < -0.39 is 0 Å². The zero-order chi connectivity index (χ0) is 56.5. The molecule has 406 valence electrons. The highest BCUT2D eigenvalue weighted by atomic mass is 16.3. The maximum atomic E-state index is 6.78. The van der Waals surface area contributed by atoms with Crippen LogP contribution in [0.5, 0.6) is 0 Å². The fourth-order valence-electron chi connectivity index (χ4n) is 14.6. The van der Waals surface area contributed by atoms with Crippen LogP contribution >= 0.6 is 0 Å². The van der Waals surface area contributed by atoms with Crippen LogP contribution in [0.3, 0.4) is 0 Å². The summed E-state index contributed by atoms with van der Waals surface area (Å²) in [5.41, 5.74) is 29.1. The van der Waals surface area contributed by atoms with Crippen LogP contribution in [0.4, 0.5) is 51.2 Å². The van der Waals surface area contributed by atoms with Crippen molar-refractivity contribution < 1.29 is 4.42 Å². The van der Waals surface area contributed by atoms with Crippen molar-refractivity contribution in [2.75, 3.05) is 14.7 Å². The van der Waals surface area contributed by atoms with Crippen molar-refractivity contribution in [1.29, 1.82) is 0 Å². The molecule has 0 unspecified atom stereocenters. The van der Waals surface area contributed by atoms with E-state index >= 15 is 0 Å². The minimum absolute atomic E-state index is 0.0131. The van der Waals surface area contributed by atoms with Crippen molar-refractivity contribution in [2.45, 2.75) is 176 Å². The molecule has 0 radical (unpaired) electrons. The molecule has 5 heteroatoms. The monoisotopic (exact) mass is 1050 g/mol. The average Bonchev–Trinajstić information content (AvgIpc) is 3.91. The summed E-state index contributed by atoms with van der Waals surface area (Å²) in [6, 6.07) is 54.9. The van der Waals surface area contributed by atoms with E-state index in [0.717, 1.165) is 52.6 Å². The van der Waals surface area contributed by atoms with E-state index in [0.29, 0.717) is 0 Å². The quantitative estimate of drug-likeness (QED) is 0.160. The van der Waals surface area contributed by atoms with E-state index in [4.69, 9.17) is 4.42 Å². The van der Waals surface area contributed by atoms with Gasteiger partial charge in [0.25, 0.3) is 6.71 Å². The Kier molecular flexibility index (Phi) is 11.5. The predicted molar refractivity (Wildman–Crippen MR) is 345 cm³/mol. The summed E-state index contributed by atoms with van der Waals surface area (Å²) >= 11 is 0. The highest BCUT2D eigenvalue weighted by Gasteiger charge is 2.48. The average molecular weight is 1050 g/mol. The summed E-state index contributed by atoms with van der Waals surface area (Å²) in [5, 5.41) is 2.26. The zero-order valence-corrected chi connectivity index (χ0v) is 50.9. The SMILES string of the molecule is Cc1cc2c3c(c1)N(c1ccc4c(c1)C(C)(C)CCC4(C)C)c1cc4c(cc1B3c1ccc(N(c3ccc(C(C)(C)C)cc3C)c3ccc(C(C)(C)C)cc3C)cc1N2c1ccc2c(c1)oc1ccccc12)C(C)(C)CCC4(C)C. The van der Waals surface area contributed by atoms with Crippen molar-refractivity contribution in [3.05, 3.63) is 190 Å². The molecule has 0 saturated heterocycles. The molecule has 4 aliphatic rings. The molecule has 8 aromatic carbocycles. The van der Waals surface area contributed by atoms with Crippen LogP contribution in [0, 0.1) is 20.8 Å². The molecular formula is C75H82BN3O. The van der Waals surface area contributed by atoms with Crippen LogP contribution in [-0.2, 0) is 32.5 Å². The highest BCUT2D eigenvalue weighted by Crippen LogP contribution is 2.54. The van der Waals surface area contributed by atoms with Gasteiger partial charge in [0.05, 0.1) is 0 Å². The number of hydrogen-bond acceptors (Lipinski definition) is 4. The molecule has 80 heavy (non-hydrogen) atoms. The van der Waals surface area contributed by atoms with Gasteiger partial charge in [-0.2, -0.15) is 0 Å². The summed E-state index contributed by atoms with van der Waals surface area (Å²) in [5.74, 6) is 0. The number of para-hydroxylation sites is 1. The smallest absolute Gasteiger partial charge is 0.252 e. The highest BCUT2D eigenvalue weighted by molar-refractivity contribution is 7.00. The molecule has 2 aliphatic carbocycles. The molecule has 0 atom stereocenters. The molecule has 0 spiro atoms. The molecule has 9 aromatic rings. The van der Waals surface area contributed by atoms with E-state index in [1.807, 2.05) is 0 Å². The maximum absolute atomic E-state index is 6.78. The lowest BCUT2D eigenvalue weighted by atomic mass is 9.33. The fourth-order valence-corrected chi connectivity index (χ4v) is 14.6. The minimum Gasteiger partial charge on any atom is -0.456 e. The lowest BCUT2D eigenvalue weighted by Gasteiger charge is -2.48. The molecule has 0 saturated carbocycles. The van der Waals surface area contributed by atoms with Gasteiger partial charge in [-0.25, -0.2) is 0 Å². The predicted octanol–water partition coefficient (Wildman–Crippen LogP) is 19.4. The van der Waals surface area contributed by atoms with E-state index in [1.165, 1.54) is 113 Å². The Balaban J connectivity index is 1.12. The number of anilines is 9. The first-order chi connectivity index (χ1) is 37.6. The van der Waals surface area contributed by atoms with Crippen LogP contribution in [-0.4, -0.2) is 6.71 Å². The number of furan rings is 1. The van der Waals surface area contributed by atoms with Gasteiger partial charge in [-0.1, -0.05) is 158 Å². The van der Waals surface area contributed by atoms with Crippen LogP contribution in [0.2, 0.25) is 0 Å². The van der Waals surface area contributed by atoms with Gasteiger partial charge in [-0.05, 0) is 218 Å². The summed E-state index contributed by atoms with van der Waals surface area (Å²) in [7, 11) is 0. The van der Waals surface area contributed by atoms with E-state index in [2.05, 4.69) is 272 Å². The van der Waals surface area contributed by atoms with Crippen LogP contribution in [0.1, 0.15) is 173 Å². The second kappa shape index (κ2) is 17.5. The van der Waals surface area contributed by atoms with Gasteiger partial charge < -0.3 is 19.1 Å². The molecule has 0 amide bonds. The van der Waals surface area contributed by atoms with Crippen molar-refractivity contribution in [2.24, 2.45) is 0 Å². The topological polar surface area (TPSA) is 22.9 Å². The van der Waals surface area contributed by atoms with Gasteiger partial charge in [0.15, 0.2) is 0 Å². The summed E-state index contributed by atoms with van der Waals surface area (Å²) in [6.45, 7) is 40.5. The number of fused-ring (bicyclic) bond motifs is 9. The van der Waals surface area contributed by atoms with Crippen molar-refractivity contribution in [3.8, 4) is 0 Å². The van der Waals surface area contributed by atoms with Gasteiger partial charge >= 0.3 is 0 Å². The number of benzene rings is 8. The van der Waals surface area contributed by atoms with Crippen molar-refractivity contribution >= 4 is 96.2 Å². The first kappa shape index (κ1) is 52.4. The van der Waals surface area contributed by atoms with Crippen LogP contribution < -0.4 is 31.1 Å². The second-order valence-corrected chi connectivity index (χ2v) is 29.4. The third-order valence-corrected chi connectivity index (χ3v) is 19.7. The van der Waals surface area contributed by atoms with Gasteiger partial charge in [-0.3, -0.25) is 0 Å². The Morgan fingerprint density at radius 2 is 0.938 bits per heavy atom. The Morgan fingerprint density at radius 1 is 0.438 bits per heavy atom. The standard InChI is InChI=1S/C75H82BN3O/c1-45-36-65-69-66(37-45)79(52-24-27-54-53-20-18-19-21-67(53)80-68(54)42-52)63-41-51(77(61-30-22-48(38-46(61)2)70(4,5)6)62-31-23-49(39-47(62)3)71(7,8)9)26-29-59(63)76(69)60-43-57-58(75(16,17)35-34-74(57,14)15)44-64(60)78(65)50-25-28-55-56(40-50)73(12,13)33-32-72(55,10)11/h18-31,36-44H,32-35H2,1-17H3. The molecule has 13 rings (SSSR count). The lowest BCUT2D eigenvalue weighted by Crippen LogP contribution is -2.62. The van der Waals surface area contributed by atoms with Gasteiger partial charge in [0.2, 0.25) is 0 Å². The first-order valence-corrected chi connectivity index (χ1v) is 29.8. The Morgan fingerprint density at radius 3 is 1.51 bits per heavy atom. The number of aryl methyl sites for hydroxylation is 3. The van der Waals surface area contributed by atoms with Gasteiger partial charge in [-0.15, -0.1) is 0 Å². The number of rotatable bonds is 5. The normalized spacial score (nSPS) is 17.4. The number of nitrogens with zero attached hydrogens (tertiary/aromatic N) is 3. The maximum Gasteiger partial charge on any atom is 0.252 e. The van der Waals surface area contributed by atoms with E-state index in [1.54, 1.807) is 0 Å². The van der Waals surface area contributed by atoms with E-state index in [-0.39, 0.29) is 39.2 Å². The summed E-state index contributed by atoms with van der Waals surface area (Å²) in [4.78, 5) is 7.81. The summed E-state index contributed by atoms with van der Waals surface area (Å²) < 4.78 is 6.78. The molecule has 2 aliphatic heterocycles. The van der Waals surface area contributed by atoms with Crippen LogP contribution in [0.15, 0.2) is 144 Å². The van der Waals surface area contributed by atoms with Crippen molar-refractivity contribution in [3.63, 3.8) is 0 Å². The molecule has 1 aromatic heterocycles. The number of hydrogen-bond donors (Lipinski definition) is 0. The molecule has 4 nitrogen and oxygen atoms in total. The fraction of sp³-hybridized carbons (Fsp3) is 0.360. The Hall–Kier alpha value is -6.98. The molecule has 3 heterocycles. The van der Waals surface area contributed by atoms with Gasteiger partial charge in [0, 0.05) is 68.0 Å². The molecule has 0 bridgehead atoms. The third kappa shape index (κ3) is 8.13. The van der Waals surface area contributed by atoms with Gasteiger partial charge in [0.1, 0.15) is 11.2 Å². The zero-order valence-electron chi connectivity index (χ0n) is 50.9. The Bertz CT molecular complexity index is 3990. The minimum atomic E-state index is -0.0460. The largest absolute Gasteiger partial charge is 0.456 e. The molecule has 0 fully saturated rings. The van der Waals surface area contributed by atoms with Crippen molar-refractivity contribution in [1.82, 2.24) is 0 Å². The van der Waals surface area contributed by atoms with E-state index in [9.17, 15) is 0 Å². The Labute approximate surface area is 478 Å². The lowest BCUT2D eigenvalue weighted by molar-refractivity contribution is 0.332. The third-order valence-electron chi connectivity index (χ3n) is 19.7. The first-order valence-electron chi connectivity index (χ1n) is 29.8. The molecular weight excluding hydrogens is 970 g/mol. The summed E-state index contributed by atoms with van der Waals surface area (Å²) in [6.07, 6.45) is 4.65. The second-order valence-electron chi connectivity index (χ2n) is 29.4. The van der Waals surface area contributed by atoms with Crippen LogP contribution in [0.25, 0.3) is 21.9 Å². The molecule has 0 N–H and O–H groups in total.